The molecule has 0 bridgehead atoms. The van der Waals surface area contributed by atoms with Crippen LogP contribution >= 0.6 is 7.82 Å². The number of aliphatic hydroxyl groups is 5. The number of hydrogen-bond acceptors (Lipinski definition) is 8. The Kier molecular flexibility index (Phi) is 7.07. The van der Waals surface area contributed by atoms with Gasteiger partial charge in [-0.2, -0.15) is 0 Å². The molecule has 4 unspecified atom stereocenters. The van der Waals surface area contributed by atoms with E-state index in [1.807, 2.05) is 0 Å². The predicted octanol–water partition coefficient (Wildman–Crippen LogP) is -3.90. The second kappa shape index (κ2) is 7.24. The molecule has 0 aliphatic rings. The lowest BCUT2D eigenvalue weighted by molar-refractivity contribution is -0.149. The third-order valence-electron chi connectivity index (χ3n) is 1.92. The van der Waals surface area contributed by atoms with Crippen molar-refractivity contribution in [3.05, 3.63) is 0 Å². The molecule has 0 aliphatic heterocycles. The minimum absolute atomic E-state index is 0.988. The molecule has 0 saturated heterocycles. The van der Waals surface area contributed by atoms with Crippen molar-refractivity contribution in [1.29, 1.82) is 0 Å². The Morgan fingerprint density at radius 2 is 1.67 bits per heavy atom. The molecule has 0 amide bonds. The second-order valence-electron chi connectivity index (χ2n) is 3.39. The lowest BCUT2D eigenvalue weighted by Crippen LogP contribution is -2.48. The summed E-state index contributed by atoms with van der Waals surface area (Å²) in [7, 11) is -4.87. The van der Waals surface area contributed by atoms with E-state index in [-0.39, 0.29) is 0 Å². The van der Waals surface area contributed by atoms with Crippen LogP contribution in [0.5, 0.6) is 0 Å². The maximum absolute atomic E-state index is 11.1. The van der Waals surface area contributed by atoms with Gasteiger partial charge in [0.25, 0.3) is 0 Å². The van der Waals surface area contributed by atoms with Crippen LogP contribution in [0.25, 0.3) is 0 Å². The molecule has 0 heterocycles. The summed E-state index contributed by atoms with van der Waals surface area (Å²) in [6, 6.07) is 0. The normalized spacial score (nSPS) is 19.1. The van der Waals surface area contributed by atoms with Crippen molar-refractivity contribution in [3.63, 3.8) is 0 Å². The first-order chi connectivity index (χ1) is 8.10. The minimum Gasteiger partial charge on any atom is -0.393 e. The van der Waals surface area contributed by atoms with E-state index in [0.29, 0.717) is 0 Å². The fraction of sp³-hybridized carbons (Fsp3) is 0.857. The monoisotopic (exact) mass is 290 g/mol. The zero-order valence-electron chi connectivity index (χ0n) is 9.03. The number of rotatable bonds is 8. The van der Waals surface area contributed by atoms with E-state index in [0.717, 1.165) is 0 Å². The molecule has 0 spiro atoms. The first-order valence-corrected chi connectivity index (χ1v) is 6.20. The molecule has 0 fully saturated rings. The number of phosphoric acid groups is 1. The van der Waals surface area contributed by atoms with E-state index >= 15 is 0 Å². The molecule has 0 aromatic heterocycles. The highest BCUT2D eigenvalue weighted by molar-refractivity contribution is 7.46. The summed E-state index contributed by atoms with van der Waals surface area (Å²) >= 11 is 0. The number of carbonyl (C=O) groups is 1. The van der Waals surface area contributed by atoms with Crippen molar-refractivity contribution in [1.82, 2.24) is 0 Å². The van der Waals surface area contributed by atoms with Crippen LogP contribution in [-0.4, -0.2) is 78.7 Å². The fourth-order valence-corrected chi connectivity index (χ4v) is 1.28. The summed E-state index contributed by atoms with van der Waals surface area (Å²) in [6.45, 7) is -2.03. The van der Waals surface area contributed by atoms with Gasteiger partial charge < -0.3 is 35.3 Å². The van der Waals surface area contributed by atoms with E-state index < -0.39 is 51.2 Å². The number of hydrogen-bond donors (Lipinski definition) is 7. The standard InChI is InChI=1S/C7H15O10P/c8-1-3(9)5(11)7(13)6(12)4(10)2-17-18(14,15)16/h3-4,6-10,12-13H,1-2H2,(H2,14,15,16). The largest absolute Gasteiger partial charge is 0.469 e. The van der Waals surface area contributed by atoms with Gasteiger partial charge in [-0.05, 0) is 0 Å². The molecular weight excluding hydrogens is 275 g/mol. The van der Waals surface area contributed by atoms with Crippen molar-refractivity contribution in [2.24, 2.45) is 0 Å². The van der Waals surface area contributed by atoms with Gasteiger partial charge in [0.05, 0.1) is 13.2 Å². The molecule has 0 rings (SSSR count). The van der Waals surface area contributed by atoms with Gasteiger partial charge in [0.15, 0.2) is 5.78 Å². The SMILES string of the molecule is O=C(C(O)CO)C(O)C(O)C(O)COP(=O)(O)O. The number of aliphatic hydroxyl groups excluding tert-OH is 5. The Morgan fingerprint density at radius 3 is 2.06 bits per heavy atom. The highest BCUT2D eigenvalue weighted by atomic mass is 31.2. The second-order valence-corrected chi connectivity index (χ2v) is 4.63. The minimum atomic E-state index is -4.87. The average Bonchev–Trinajstić information content (AvgIpc) is 2.31. The molecular formula is C7H15O10P. The molecule has 108 valence electrons. The van der Waals surface area contributed by atoms with Gasteiger partial charge in [0, 0.05) is 0 Å². The highest BCUT2D eigenvalue weighted by Crippen LogP contribution is 2.35. The molecule has 0 radical (unpaired) electrons. The molecule has 0 aromatic carbocycles. The highest BCUT2D eigenvalue weighted by Gasteiger charge is 2.34. The molecule has 11 heteroatoms. The van der Waals surface area contributed by atoms with Crippen molar-refractivity contribution >= 4 is 13.6 Å². The Labute approximate surface area is 101 Å². The maximum atomic E-state index is 11.1. The van der Waals surface area contributed by atoms with Crippen LogP contribution in [0.15, 0.2) is 0 Å². The van der Waals surface area contributed by atoms with Gasteiger partial charge in [-0.25, -0.2) is 4.57 Å². The van der Waals surface area contributed by atoms with Gasteiger partial charge in [0.1, 0.15) is 24.4 Å². The van der Waals surface area contributed by atoms with Crippen LogP contribution in [-0.2, 0) is 13.9 Å². The first-order valence-electron chi connectivity index (χ1n) is 4.67. The lowest BCUT2D eigenvalue weighted by atomic mass is 10.0. The number of carbonyl (C=O) groups excluding carboxylic acids is 1. The van der Waals surface area contributed by atoms with E-state index in [1.54, 1.807) is 0 Å². The first kappa shape index (κ1) is 17.6. The maximum Gasteiger partial charge on any atom is 0.469 e. The topological polar surface area (TPSA) is 185 Å². The Bertz CT molecular complexity index is 313. The summed E-state index contributed by atoms with van der Waals surface area (Å²) in [4.78, 5) is 27.7. The number of phosphoric ester groups is 1. The lowest BCUT2D eigenvalue weighted by Gasteiger charge is -2.23. The van der Waals surface area contributed by atoms with E-state index in [1.165, 1.54) is 0 Å². The van der Waals surface area contributed by atoms with E-state index in [4.69, 9.17) is 20.0 Å². The summed E-state index contributed by atoms with van der Waals surface area (Å²) in [6.07, 6.45) is -8.28. The summed E-state index contributed by atoms with van der Waals surface area (Å²) in [5, 5.41) is 44.9. The Hall–Kier alpha value is -0.420. The third kappa shape index (κ3) is 5.96. The van der Waals surface area contributed by atoms with Gasteiger partial charge in [-0.15, -0.1) is 0 Å². The van der Waals surface area contributed by atoms with Crippen LogP contribution in [0.2, 0.25) is 0 Å². The Balaban J connectivity index is 4.41. The van der Waals surface area contributed by atoms with E-state index in [9.17, 15) is 24.7 Å². The quantitative estimate of drug-likeness (QED) is 0.218. The zero-order chi connectivity index (χ0) is 14.5. The van der Waals surface area contributed by atoms with Crippen LogP contribution in [0.4, 0.5) is 0 Å². The van der Waals surface area contributed by atoms with Crippen LogP contribution in [0.3, 0.4) is 0 Å². The third-order valence-corrected chi connectivity index (χ3v) is 2.41. The summed E-state index contributed by atoms with van der Waals surface area (Å²) < 4.78 is 14.1. The van der Waals surface area contributed by atoms with Crippen LogP contribution in [0.1, 0.15) is 0 Å². The summed E-state index contributed by atoms with van der Waals surface area (Å²) in [5.41, 5.74) is 0. The number of ketones is 1. The molecule has 0 aliphatic carbocycles. The van der Waals surface area contributed by atoms with Crippen LogP contribution in [0, 0.1) is 0 Å². The average molecular weight is 290 g/mol. The molecule has 10 nitrogen and oxygen atoms in total. The van der Waals surface area contributed by atoms with Gasteiger partial charge in [0.2, 0.25) is 0 Å². The molecule has 0 aromatic rings. The summed E-state index contributed by atoms with van der Waals surface area (Å²) in [5.74, 6) is -1.35. The number of Topliss-reactive ketones (excluding diaryl/α,β-unsaturated/α-hetero) is 1. The van der Waals surface area contributed by atoms with Gasteiger partial charge >= 0.3 is 7.82 Å². The zero-order valence-corrected chi connectivity index (χ0v) is 9.92. The van der Waals surface area contributed by atoms with Crippen molar-refractivity contribution in [3.8, 4) is 0 Å². The fourth-order valence-electron chi connectivity index (χ4n) is 0.938. The van der Waals surface area contributed by atoms with Crippen molar-refractivity contribution < 1.29 is 49.2 Å². The molecule has 18 heavy (non-hydrogen) atoms. The van der Waals surface area contributed by atoms with Crippen molar-refractivity contribution in [2.45, 2.75) is 24.4 Å². The van der Waals surface area contributed by atoms with E-state index in [2.05, 4.69) is 4.52 Å². The smallest absolute Gasteiger partial charge is 0.393 e. The van der Waals surface area contributed by atoms with Crippen LogP contribution < -0.4 is 0 Å². The molecule has 7 N–H and O–H groups in total. The Morgan fingerprint density at radius 1 is 1.17 bits per heavy atom. The molecule has 4 atom stereocenters. The van der Waals surface area contributed by atoms with Crippen molar-refractivity contribution in [2.75, 3.05) is 13.2 Å². The van der Waals surface area contributed by atoms with Gasteiger partial charge in [-0.3, -0.25) is 9.32 Å². The predicted molar refractivity (Wildman–Crippen MR) is 54.1 cm³/mol. The van der Waals surface area contributed by atoms with Gasteiger partial charge in [-0.1, -0.05) is 0 Å². The molecule has 0 saturated carbocycles.